The highest BCUT2D eigenvalue weighted by molar-refractivity contribution is 7.89. The Morgan fingerprint density at radius 3 is 2.81 bits per heavy atom. The van der Waals surface area contributed by atoms with Crippen molar-refractivity contribution in [1.82, 2.24) is 9.71 Å². The molecule has 1 unspecified atom stereocenters. The molecule has 0 radical (unpaired) electrons. The minimum Gasteiger partial charge on any atom is -0.367 e. The SMILES string of the molecule is Cc1ccc(S(=O)(=O)NCC(C)N2CCc3ccccc32)c2cccnc12. The van der Waals surface area contributed by atoms with Gasteiger partial charge >= 0.3 is 0 Å². The van der Waals surface area contributed by atoms with Crippen LogP contribution in [0.3, 0.4) is 0 Å². The van der Waals surface area contributed by atoms with Crippen LogP contribution < -0.4 is 9.62 Å². The molecule has 1 atom stereocenters. The molecule has 1 aromatic heterocycles. The molecule has 2 heterocycles. The Balaban J connectivity index is 1.56. The summed E-state index contributed by atoms with van der Waals surface area (Å²) < 4.78 is 28.7. The number of nitrogens with one attached hydrogen (secondary N) is 1. The molecule has 1 aliphatic heterocycles. The lowest BCUT2D eigenvalue weighted by Crippen LogP contribution is -2.41. The van der Waals surface area contributed by atoms with Crippen molar-refractivity contribution in [3.63, 3.8) is 0 Å². The van der Waals surface area contributed by atoms with Gasteiger partial charge in [0.1, 0.15) is 0 Å². The fourth-order valence-corrected chi connectivity index (χ4v) is 5.08. The third-order valence-corrected chi connectivity index (χ3v) is 6.73. The average molecular weight is 382 g/mol. The number of sulfonamides is 1. The highest BCUT2D eigenvalue weighted by Crippen LogP contribution is 2.29. The van der Waals surface area contributed by atoms with Crippen molar-refractivity contribution in [3.8, 4) is 0 Å². The summed E-state index contributed by atoms with van der Waals surface area (Å²) in [6, 6.07) is 15.4. The first-order valence-electron chi connectivity index (χ1n) is 9.16. The Morgan fingerprint density at radius 2 is 1.96 bits per heavy atom. The van der Waals surface area contributed by atoms with E-state index in [-0.39, 0.29) is 10.9 Å². The van der Waals surface area contributed by atoms with E-state index in [4.69, 9.17) is 0 Å². The standard InChI is InChI=1S/C21H23N3O2S/c1-15-9-10-20(18-7-5-12-22-21(15)18)27(25,26)23-14-16(2)24-13-11-17-6-3-4-8-19(17)24/h3-10,12,16,23H,11,13-14H2,1-2H3. The predicted octanol–water partition coefficient (Wildman–Crippen LogP) is 3.27. The number of para-hydroxylation sites is 1. The van der Waals surface area contributed by atoms with Gasteiger partial charge in [-0.1, -0.05) is 24.3 Å². The first kappa shape index (κ1) is 17.9. The molecule has 140 valence electrons. The lowest BCUT2D eigenvalue weighted by molar-refractivity contribution is 0.567. The highest BCUT2D eigenvalue weighted by atomic mass is 32.2. The van der Waals surface area contributed by atoms with Crippen LogP contribution in [-0.4, -0.2) is 32.5 Å². The van der Waals surface area contributed by atoms with Gasteiger partial charge in [-0.05, 0) is 55.7 Å². The molecule has 0 saturated heterocycles. The van der Waals surface area contributed by atoms with Crippen molar-refractivity contribution in [2.24, 2.45) is 0 Å². The molecule has 0 amide bonds. The van der Waals surface area contributed by atoms with Crippen molar-refractivity contribution in [2.45, 2.75) is 31.2 Å². The molecule has 5 nitrogen and oxygen atoms in total. The lowest BCUT2D eigenvalue weighted by Gasteiger charge is -2.27. The second-order valence-corrected chi connectivity index (χ2v) is 8.79. The molecular weight excluding hydrogens is 358 g/mol. The van der Waals surface area contributed by atoms with Crippen LogP contribution in [0.2, 0.25) is 0 Å². The normalized spacial score (nSPS) is 15.1. The maximum Gasteiger partial charge on any atom is 0.241 e. The zero-order chi connectivity index (χ0) is 19.0. The van der Waals surface area contributed by atoms with E-state index in [1.54, 1.807) is 18.3 Å². The van der Waals surface area contributed by atoms with Crippen LogP contribution in [0.25, 0.3) is 10.9 Å². The van der Waals surface area contributed by atoms with Crippen molar-refractivity contribution < 1.29 is 8.42 Å². The molecule has 0 saturated carbocycles. The number of aryl methyl sites for hydroxylation is 1. The average Bonchev–Trinajstić information content (AvgIpc) is 3.11. The fourth-order valence-electron chi connectivity index (χ4n) is 3.76. The van der Waals surface area contributed by atoms with Gasteiger partial charge in [0.05, 0.1) is 10.4 Å². The summed E-state index contributed by atoms with van der Waals surface area (Å²) in [6.07, 6.45) is 2.69. The van der Waals surface area contributed by atoms with Gasteiger partial charge in [-0.25, -0.2) is 13.1 Å². The molecule has 2 aromatic carbocycles. The zero-order valence-corrected chi connectivity index (χ0v) is 16.3. The van der Waals surface area contributed by atoms with Crippen LogP contribution in [0.4, 0.5) is 5.69 Å². The third kappa shape index (κ3) is 3.31. The van der Waals surface area contributed by atoms with E-state index in [9.17, 15) is 8.42 Å². The Morgan fingerprint density at radius 1 is 1.15 bits per heavy atom. The van der Waals surface area contributed by atoms with Crippen LogP contribution in [0, 0.1) is 6.92 Å². The van der Waals surface area contributed by atoms with Gasteiger partial charge in [0, 0.05) is 36.4 Å². The second kappa shape index (κ2) is 6.94. The molecule has 0 fully saturated rings. The largest absolute Gasteiger partial charge is 0.367 e. The lowest BCUT2D eigenvalue weighted by atomic mass is 10.1. The van der Waals surface area contributed by atoms with Gasteiger partial charge in [0.25, 0.3) is 0 Å². The Bertz CT molecular complexity index is 1100. The van der Waals surface area contributed by atoms with Gasteiger partial charge in [-0.3, -0.25) is 4.98 Å². The maximum atomic E-state index is 13.0. The molecule has 0 bridgehead atoms. The zero-order valence-electron chi connectivity index (χ0n) is 15.5. The molecule has 3 aromatic rings. The van der Waals surface area contributed by atoms with E-state index in [0.717, 1.165) is 24.0 Å². The quantitative estimate of drug-likeness (QED) is 0.737. The van der Waals surface area contributed by atoms with Gasteiger partial charge in [0.15, 0.2) is 0 Å². The van der Waals surface area contributed by atoms with E-state index in [1.165, 1.54) is 11.3 Å². The van der Waals surface area contributed by atoms with Crippen molar-refractivity contribution in [1.29, 1.82) is 0 Å². The van der Waals surface area contributed by atoms with Gasteiger partial charge in [-0.15, -0.1) is 0 Å². The summed E-state index contributed by atoms with van der Waals surface area (Å²) in [5, 5.41) is 0.657. The van der Waals surface area contributed by atoms with Crippen molar-refractivity contribution in [2.75, 3.05) is 18.0 Å². The number of anilines is 1. The van der Waals surface area contributed by atoms with E-state index in [2.05, 4.69) is 33.7 Å². The fraction of sp³-hybridized carbons (Fsp3) is 0.286. The summed E-state index contributed by atoms with van der Waals surface area (Å²) in [5.74, 6) is 0. The molecular formula is C21H23N3O2S. The number of hydrogen-bond donors (Lipinski definition) is 1. The van der Waals surface area contributed by atoms with Gasteiger partial charge in [0.2, 0.25) is 10.0 Å². The molecule has 1 aliphatic rings. The minimum atomic E-state index is -3.62. The number of rotatable bonds is 5. The number of nitrogens with zero attached hydrogens (tertiary/aromatic N) is 2. The summed E-state index contributed by atoms with van der Waals surface area (Å²) in [5.41, 5.74) is 4.21. The summed E-state index contributed by atoms with van der Waals surface area (Å²) >= 11 is 0. The Hall–Kier alpha value is -2.44. The van der Waals surface area contributed by atoms with E-state index in [1.807, 2.05) is 31.2 Å². The predicted molar refractivity (Wildman–Crippen MR) is 109 cm³/mol. The maximum absolute atomic E-state index is 13.0. The third-order valence-electron chi connectivity index (χ3n) is 5.24. The molecule has 1 N–H and O–H groups in total. The van der Waals surface area contributed by atoms with E-state index >= 15 is 0 Å². The van der Waals surface area contributed by atoms with Crippen LogP contribution >= 0.6 is 0 Å². The Labute approximate surface area is 160 Å². The number of benzene rings is 2. The second-order valence-electron chi connectivity index (χ2n) is 7.05. The molecule has 27 heavy (non-hydrogen) atoms. The summed E-state index contributed by atoms with van der Waals surface area (Å²) in [7, 11) is -3.62. The van der Waals surface area contributed by atoms with Crippen LogP contribution in [0.1, 0.15) is 18.1 Å². The summed E-state index contributed by atoms with van der Waals surface area (Å²) in [4.78, 5) is 6.89. The monoisotopic (exact) mass is 381 g/mol. The van der Waals surface area contributed by atoms with E-state index < -0.39 is 10.0 Å². The van der Waals surface area contributed by atoms with Crippen molar-refractivity contribution >= 4 is 26.6 Å². The molecule has 6 heteroatoms. The van der Waals surface area contributed by atoms with Gasteiger partial charge in [-0.2, -0.15) is 0 Å². The topological polar surface area (TPSA) is 62.3 Å². The van der Waals surface area contributed by atoms with Crippen molar-refractivity contribution in [3.05, 3.63) is 65.9 Å². The number of fused-ring (bicyclic) bond motifs is 2. The van der Waals surface area contributed by atoms with E-state index in [0.29, 0.717) is 11.9 Å². The smallest absolute Gasteiger partial charge is 0.241 e. The first-order chi connectivity index (χ1) is 13.0. The minimum absolute atomic E-state index is 0.0678. The van der Waals surface area contributed by atoms with Crippen LogP contribution in [-0.2, 0) is 16.4 Å². The molecule has 0 aliphatic carbocycles. The van der Waals surface area contributed by atoms with Crippen LogP contribution in [0.5, 0.6) is 0 Å². The number of aromatic nitrogens is 1. The van der Waals surface area contributed by atoms with Crippen LogP contribution in [0.15, 0.2) is 59.6 Å². The number of hydrogen-bond acceptors (Lipinski definition) is 4. The summed E-state index contributed by atoms with van der Waals surface area (Å²) in [6.45, 7) is 5.26. The number of pyridine rings is 1. The Kier molecular flexibility index (Phi) is 4.61. The van der Waals surface area contributed by atoms with Gasteiger partial charge < -0.3 is 4.90 Å². The first-order valence-corrected chi connectivity index (χ1v) is 10.6. The molecule has 0 spiro atoms. The highest BCUT2D eigenvalue weighted by Gasteiger charge is 2.25. The molecule has 4 rings (SSSR count).